The Morgan fingerprint density at radius 3 is 2.24 bits per heavy atom. The van der Waals surface area contributed by atoms with Crippen molar-refractivity contribution in [3.05, 3.63) is 65.7 Å². The number of hydrogen-bond donors (Lipinski definition) is 0. The highest BCUT2D eigenvalue weighted by Gasteiger charge is 2.29. The largest absolute Gasteiger partial charge is 0.243 e. The summed E-state index contributed by atoms with van der Waals surface area (Å²) in [5.74, 6) is 0.646. The minimum Gasteiger partial charge on any atom is -0.207 e. The first-order valence-corrected chi connectivity index (χ1v) is 10.6. The van der Waals surface area contributed by atoms with Gasteiger partial charge < -0.3 is 0 Å². The fourth-order valence-corrected chi connectivity index (χ4v) is 5.01. The first-order valence-electron chi connectivity index (χ1n) is 9.16. The molecule has 0 saturated carbocycles. The second-order valence-corrected chi connectivity index (χ2v) is 8.98. The molecule has 2 aromatic rings. The SMILES string of the molecule is Cc1ccc(S(=O)(=O)N2CCC(CCCc3ccccc3)CC2)cc1. The van der Waals surface area contributed by atoms with Crippen molar-refractivity contribution in [1.29, 1.82) is 0 Å². The Labute approximate surface area is 151 Å². The molecule has 134 valence electrons. The topological polar surface area (TPSA) is 37.4 Å². The first-order chi connectivity index (χ1) is 12.1. The van der Waals surface area contributed by atoms with Gasteiger partial charge in [-0.05, 0) is 56.2 Å². The van der Waals surface area contributed by atoms with E-state index >= 15 is 0 Å². The van der Waals surface area contributed by atoms with E-state index < -0.39 is 10.0 Å². The average Bonchev–Trinajstić information content (AvgIpc) is 2.63. The van der Waals surface area contributed by atoms with E-state index in [1.807, 2.05) is 25.1 Å². The van der Waals surface area contributed by atoms with Gasteiger partial charge in [-0.25, -0.2) is 8.42 Å². The predicted octanol–water partition coefficient (Wildman–Crippen LogP) is 4.42. The van der Waals surface area contributed by atoms with Crippen molar-refractivity contribution >= 4 is 10.0 Å². The Kier molecular flexibility index (Phi) is 5.92. The number of rotatable bonds is 6. The minimum absolute atomic E-state index is 0.417. The zero-order chi connectivity index (χ0) is 17.7. The Balaban J connectivity index is 1.49. The number of benzene rings is 2. The van der Waals surface area contributed by atoms with Crippen LogP contribution in [-0.2, 0) is 16.4 Å². The van der Waals surface area contributed by atoms with E-state index in [1.54, 1.807) is 16.4 Å². The monoisotopic (exact) mass is 357 g/mol. The van der Waals surface area contributed by atoms with Crippen LogP contribution in [0.4, 0.5) is 0 Å². The van der Waals surface area contributed by atoms with E-state index in [0.29, 0.717) is 23.9 Å². The zero-order valence-corrected chi connectivity index (χ0v) is 15.7. The molecule has 1 fully saturated rings. The van der Waals surface area contributed by atoms with Gasteiger partial charge in [0, 0.05) is 13.1 Å². The van der Waals surface area contributed by atoms with E-state index in [9.17, 15) is 8.42 Å². The zero-order valence-electron chi connectivity index (χ0n) is 14.9. The maximum absolute atomic E-state index is 12.7. The molecule has 0 amide bonds. The molecule has 25 heavy (non-hydrogen) atoms. The highest BCUT2D eigenvalue weighted by Crippen LogP contribution is 2.27. The van der Waals surface area contributed by atoms with Crippen LogP contribution in [0.5, 0.6) is 0 Å². The molecule has 3 nitrogen and oxygen atoms in total. The molecule has 1 saturated heterocycles. The molecular weight excluding hydrogens is 330 g/mol. The normalized spacial score (nSPS) is 16.8. The van der Waals surface area contributed by atoms with Crippen LogP contribution in [0.25, 0.3) is 0 Å². The smallest absolute Gasteiger partial charge is 0.207 e. The summed E-state index contributed by atoms with van der Waals surface area (Å²) in [6.07, 6.45) is 5.43. The fourth-order valence-electron chi connectivity index (χ4n) is 3.54. The third kappa shape index (κ3) is 4.71. The quantitative estimate of drug-likeness (QED) is 0.767. The highest BCUT2D eigenvalue weighted by molar-refractivity contribution is 7.89. The van der Waals surface area contributed by atoms with E-state index in [1.165, 1.54) is 18.4 Å². The molecule has 0 aliphatic carbocycles. The molecule has 1 aliphatic rings. The molecule has 0 N–H and O–H groups in total. The van der Waals surface area contributed by atoms with Crippen molar-refractivity contribution in [3.63, 3.8) is 0 Å². The molecule has 3 rings (SSSR count). The molecule has 0 atom stereocenters. The molecule has 1 heterocycles. The van der Waals surface area contributed by atoms with Gasteiger partial charge >= 0.3 is 0 Å². The number of piperidine rings is 1. The van der Waals surface area contributed by atoms with Crippen molar-refractivity contribution in [3.8, 4) is 0 Å². The van der Waals surface area contributed by atoms with Gasteiger partial charge in [-0.1, -0.05) is 54.4 Å². The van der Waals surface area contributed by atoms with Gasteiger partial charge in [0.15, 0.2) is 0 Å². The maximum Gasteiger partial charge on any atom is 0.243 e. The number of nitrogens with zero attached hydrogens (tertiary/aromatic N) is 1. The Morgan fingerprint density at radius 1 is 0.960 bits per heavy atom. The van der Waals surface area contributed by atoms with Gasteiger partial charge in [0.2, 0.25) is 10.0 Å². The van der Waals surface area contributed by atoms with Crippen LogP contribution in [0.15, 0.2) is 59.5 Å². The summed E-state index contributed by atoms with van der Waals surface area (Å²) < 4.78 is 27.1. The van der Waals surface area contributed by atoms with Crippen molar-refractivity contribution in [1.82, 2.24) is 4.31 Å². The summed E-state index contributed by atoms with van der Waals surface area (Å²) in [6.45, 7) is 3.26. The van der Waals surface area contributed by atoms with Crippen molar-refractivity contribution in [2.75, 3.05) is 13.1 Å². The molecule has 0 radical (unpaired) electrons. The summed E-state index contributed by atoms with van der Waals surface area (Å²) in [4.78, 5) is 0.417. The van der Waals surface area contributed by atoms with E-state index in [-0.39, 0.29) is 0 Å². The number of hydrogen-bond acceptors (Lipinski definition) is 2. The Morgan fingerprint density at radius 2 is 1.60 bits per heavy atom. The van der Waals surface area contributed by atoms with Crippen molar-refractivity contribution in [2.24, 2.45) is 5.92 Å². The minimum atomic E-state index is -3.33. The van der Waals surface area contributed by atoms with Gasteiger partial charge in [-0.15, -0.1) is 0 Å². The van der Waals surface area contributed by atoms with E-state index in [2.05, 4.69) is 24.3 Å². The lowest BCUT2D eigenvalue weighted by molar-refractivity contribution is 0.260. The summed E-state index contributed by atoms with van der Waals surface area (Å²) in [6, 6.07) is 17.7. The Hall–Kier alpha value is -1.65. The van der Waals surface area contributed by atoms with Gasteiger partial charge in [-0.2, -0.15) is 4.31 Å². The molecule has 0 aromatic heterocycles. The fraction of sp³-hybridized carbons (Fsp3) is 0.429. The molecule has 1 aliphatic heterocycles. The summed E-state index contributed by atoms with van der Waals surface area (Å²) in [5.41, 5.74) is 2.47. The van der Waals surface area contributed by atoms with E-state index in [4.69, 9.17) is 0 Å². The number of sulfonamides is 1. The molecule has 0 bridgehead atoms. The highest BCUT2D eigenvalue weighted by atomic mass is 32.2. The van der Waals surface area contributed by atoms with Crippen LogP contribution in [0.2, 0.25) is 0 Å². The Bertz CT molecular complexity index is 761. The third-order valence-corrected chi connectivity index (χ3v) is 7.07. The van der Waals surface area contributed by atoms with Crippen LogP contribution in [0, 0.1) is 12.8 Å². The summed E-state index contributed by atoms with van der Waals surface area (Å²) in [7, 11) is -3.33. The third-order valence-electron chi connectivity index (χ3n) is 5.15. The average molecular weight is 358 g/mol. The van der Waals surface area contributed by atoms with Crippen LogP contribution < -0.4 is 0 Å². The van der Waals surface area contributed by atoms with Crippen LogP contribution in [-0.4, -0.2) is 25.8 Å². The maximum atomic E-state index is 12.7. The molecule has 0 spiro atoms. The first kappa shape index (κ1) is 18.2. The summed E-state index contributed by atoms with van der Waals surface area (Å²) >= 11 is 0. The lowest BCUT2D eigenvalue weighted by Gasteiger charge is -2.31. The lowest BCUT2D eigenvalue weighted by Crippen LogP contribution is -2.38. The van der Waals surface area contributed by atoms with Crippen LogP contribution >= 0.6 is 0 Å². The van der Waals surface area contributed by atoms with Crippen LogP contribution in [0.1, 0.15) is 36.8 Å². The lowest BCUT2D eigenvalue weighted by atomic mass is 9.91. The van der Waals surface area contributed by atoms with Gasteiger partial charge in [-0.3, -0.25) is 0 Å². The second kappa shape index (κ2) is 8.15. The molecular formula is C21H27NO2S. The molecule has 0 unspecified atom stereocenters. The van der Waals surface area contributed by atoms with Gasteiger partial charge in [0.05, 0.1) is 4.90 Å². The van der Waals surface area contributed by atoms with Gasteiger partial charge in [0.1, 0.15) is 0 Å². The predicted molar refractivity (Wildman–Crippen MR) is 102 cm³/mol. The van der Waals surface area contributed by atoms with E-state index in [0.717, 1.165) is 24.8 Å². The van der Waals surface area contributed by atoms with Crippen molar-refractivity contribution < 1.29 is 8.42 Å². The second-order valence-electron chi connectivity index (χ2n) is 7.04. The van der Waals surface area contributed by atoms with Gasteiger partial charge in [0.25, 0.3) is 0 Å². The van der Waals surface area contributed by atoms with Crippen LogP contribution in [0.3, 0.4) is 0 Å². The molecule has 4 heteroatoms. The summed E-state index contributed by atoms with van der Waals surface area (Å²) in [5, 5.41) is 0. The molecule has 2 aromatic carbocycles. The number of aryl methyl sites for hydroxylation is 2. The standard InChI is InChI=1S/C21H27NO2S/c1-18-10-12-21(13-11-18)25(23,24)22-16-14-20(15-17-22)9-5-8-19-6-3-2-4-7-19/h2-4,6-7,10-13,20H,5,8-9,14-17H2,1H3. The van der Waals surface area contributed by atoms with Crippen molar-refractivity contribution in [2.45, 2.75) is 43.9 Å².